The first kappa shape index (κ1) is 15.1. The summed E-state index contributed by atoms with van der Waals surface area (Å²) in [6.07, 6.45) is 0. The van der Waals surface area contributed by atoms with Crippen LogP contribution in [-0.2, 0) is 6.54 Å². The molecular weight excluding hydrogens is 336 g/mol. The third-order valence-electron chi connectivity index (χ3n) is 3.09. The van der Waals surface area contributed by atoms with Crippen LogP contribution in [0.5, 0.6) is 0 Å². The van der Waals surface area contributed by atoms with Crippen LogP contribution < -0.4 is 5.73 Å². The highest BCUT2D eigenvalue weighted by atomic mass is 79.9. The molecule has 2 aromatic rings. The van der Waals surface area contributed by atoms with E-state index in [1.54, 1.807) is 0 Å². The summed E-state index contributed by atoms with van der Waals surface area (Å²) in [7, 11) is 0. The van der Waals surface area contributed by atoms with E-state index in [-0.39, 0.29) is 11.9 Å². The van der Waals surface area contributed by atoms with Crippen LogP contribution in [0, 0.1) is 0 Å². The molecule has 0 spiro atoms. The molecule has 1 aromatic carbocycles. The molecule has 1 heterocycles. The minimum Gasteiger partial charge on any atom is -0.398 e. The van der Waals surface area contributed by atoms with Crippen LogP contribution in [0.3, 0.4) is 0 Å². The second-order valence-corrected chi connectivity index (χ2v) is 6.59. The molecule has 0 bridgehead atoms. The molecule has 1 amide bonds. The van der Waals surface area contributed by atoms with Crippen LogP contribution in [0.1, 0.15) is 29.1 Å². The molecule has 0 saturated heterocycles. The number of anilines is 1. The summed E-state index contributed by atoms with van der Waals surface area (Å²) in [6.45, 7) is 4.55. The molecule has 0 aliphatic carbocycles. The minimum atomic E-state index is 0.0325. The van der Waals surface area contributed by atoms with E-state index in [9.17, 15) is 4.79 Å². The Hall–Kier alpha value is -1.33. The van der Waals surface area contributed by atoms with Crippen LogP contribution in [0.2, 0.25) is 0 Å². The zero-order valence-corrected chi connectivity index (χ0v) is 13.9. The normalized spacial score (nSPS) is 10.8. The summed E-state index contributed by atoms with van der Waals surface area (Å²) in [5.41, 5.74) is 7.67. The molecule has 20 heavy (non-hydrogen) atoms. The van der Waals surface area contributed by atoms with Gasteiger partial charge in [0.25, 0.3) is 5.91 Å². The van der Waals surface area contributed by atoms with Crippen molar-refractivity contribution in [1.29, 1.82) is 0 Å². The molecule has 0 radical (unpaired) electrons. The molecule has 0 aliphatic rings. The van der Waals surface area contributed by atoms with Gasteiger partial charge in [0.15, 0.2) is 0 Å². The Morgan fingerprint density at radius 1 is 1.35 bits per heavy atom. The van der Waals surface area contributed by atoms with Crippen molar-refractivity contribution in [2.45, 2.75) is 26.4 Å². The molecule has 0 fully saturated rings. The fourth-order valence-corrected chi connectivity index (χ4v) is 3.42. The number of amides is 1. The van der Waals surface area contributed by atoms with Gasteiger partial charge in [0.2, 0.25) is 0 Å². The van der Waals surface area contributed by atoms with Gasteiger partial charge in [0, 0.05) is 22.7 Å². The largest absolute Gasteiger partial charge is 0.398 e. The summed E-state index contributed by atoms with van der Waals surface area (Å²) in [6, 6.07) is 9.66. The maximum atomic E-state index is 12.6. The lowest BCUT2D eigenvalue weighted by atomic mass is 10.1. The Labute approximate surface area is 131 Å². The second kappa shape index (κ2) is 6.41. The number of thiophene rings is 1. The average Bonchev–Trinajstić information content (AvgIpc) is 2.83. The van der Waals surface area contributed by atoms with Crippen molar-refractivity contribution < 1.29 is 4.79 Å². The highest BCUT2D eigenvalue weighted by Gasteiger charge is 2.22. The van der Waals surface area contributed by atoms with Gasteiger partial charge < -0.3 is 10.6 Å². The quantitative estimate of drug-likeness (QED) is 0.840. The highest BCUT2D eigenvalue weighted by Crippen LogP contribution is 2.26. The third-order valence-corrected chi connectivity index (χ3v) is 4.92. The first-order valence-electron chi connectivity index (χ1n) is 6.38. The zero-order chi connectivity index (χ0) is 14.7. The summed E-state index contributed by atoms with van der Waals surface area (Å²) >= 11 is 4.87. The van der Waals surface area contributed by atoms with Crippen LogP contribution in [0.4, 0.5) is 5.69 Å². The minimum absolute atomic E-state index is 0.0325. The molecule has 106 valence electrons. The first-order chi connectivity index (χ1) is 9.50. The van der Waals surface area contributed by atoms with Gasteiger partial charge in [-0.1, -0.05) is 18.2 Å². The fourth-order valence-electron chi connectivity index (χ4n) is 1.93. The van der Waals surface area contributed by atoms with Crippen LogP contribution in [0.25, 0.3) is 0 Å². The van der Waals surface area contributed by atoms with E-state index in [4.69, 9.17) is 5.73 Å². The fraction of sp³-hybridized carbons (Fsp3) is 0.267. The number of nitrogens with zero attached hydrogens (tertiary/aromatic N) is 1. The number of para-hydroxylation sites is 1. The monoisotopic (exact) mass is 352 g/mol. The number of carbonyl (C=O) groups is 1. The van der Waals surface area contributed by atoms with E-state index in [1.807, 2.05) is 54.5 Å². The van der Waals surface area contributed by atoms with Gasteiger partial charge in [-0.25, -0.2) is 0 Å². The van der Waals surface area contributed by atoms with E-state index < -0.39 is 0 Å². The third kappa shape index (κ3) is 3.22. The number of rotatable bonds is 4. The maximum Gasteiger partial charge on any atom is 0.265 e. The SMILES string of the molecule is CC(C)N(Cc1ccccc1N)C(=O)c1sccc1Br. The number of nitrogens with two attached hydrogens (primary N) is 1. The highest BCUT2D eigenvalue weighted by molar-refractivity contribution is 9.10. The maximum absolute atomic E-state index is 12.6. The topological polar surface area (TPSA) is 46.3 Å². The Morgan fingerprint density at radius 2 is 2.05 bits per heavy atom. The van der Waals surface area contributed by atoms with Crippen molar-refractivity contribution in [3.8, 4) is 0 Å². The van der Waals surface area contributed by atoms with E-state index in [1.165, 1.54) is 11.3 Å². The van der Waals surface area contributed by atoms with Crippen molar-refractivity contribution in [3.63, 3.8) is 0 Å². The summed E-state index contributed by atoms with van der Waals surface area (Å²) in [5.74, 6) is 0.0325. The number of carbonyl (C=O) groups excluding carboxylic acids is 1. The lowest BCUT2D eigenvalue weighted by molar-refractivity contribution is 0.0695. The van der Waals surface area contributed by atoms with E-state index >= 15 is 0 Å². The van der Waals surface area contributed by atoms with E-state index in [0.29, 0.717) is 6.54 Å². The molecule has 0 aliphatic heterocycles. The van der Waals surface area contributed by atoms with Gasteiger partial charge in [0.1, 0.15) is 4.88 Å². The lowest BCUT2D eigenvalue weighted by Gasteiger charge is -2.27. The van der Waals surface area contributed by atoms with Gasteiger partial charge in [-0.3, -0.25) is 4.79 Å². The predicted molar refractivity (Wildman–Crippen MR) is 87.9 cm³/mol. The summed E-state index contributed by atoms with van der Waals surface area (Å²) in [5, 5.41) is 1.91. The van der Waals surface area contributed by atoms with Crippen molar-refractivity contribution in [2.75, 3.05) is 5.73 Å². The number of halogens is 1. The van der Waals surface area contributed by atoms with Gasteiger partial charge in [-0.2, -0.15) is 0 Å². The second-order valence-electron chi connectivity index (χ2n) is 4.82. The molecule has 1 aromatic heterocycles. The molecule has 0 saturated carbocycles. The van der Waals surface area contributed by atoms with Gasteiger partial charge >= 0.3 is 0 Å². The molecule has 5 heteroatoms. The van der Waals surface area contributed by atoms with Gasteiger partial charge in [0.05, 0.1) is 0 Å². The Bertz CT molecular complexity index is 609. The van der Waals surface area contributed by atoms with Crippen molar-refractivity contribution in [3.05, 3.63) is 50.6 Å². The Balaban J connectivity index is 2.27. The van der Waals surface area contributed by atoms with Crippen molar-refractivity contribution in [2.24, 2.45) is 0 Å². The average molecular weight is 353 g/mol. The Morgan fingerprint density at radius 3 is 2.60 bits per heavy atom. The van der Waals surface area contributed by atoms with Crippen molar-refractivity contribution >= 4 is 38.9 Å². The number of hydrogen-bond acceptors (Lipinski definition) is 3. The standard InChI is InChI=1S/C15H17BrN2OS/c1-10(2)18(9-11-5-3-4-6-13(11)17)15(19)14-12(16)7-8-20-14/h3-8,10H,9,17H2,1-2H3. The smallest absolute Gasteiger partial charge is 0.265 e. The summed E-state index contributed by atoms with van der Waals surface area (Å²) in [4.78, 5) is 15.2. The molecule has 2 rings (SSSR count). The molecule has 2 N–H and O–H groups in total. The molecule has 0 unspecified atom stereocenters. The Kier molecular flexibility index (Phi) is 4.83. The predicted octanol–water partition coefficient (Wildman–Crippen LogP) is 4.14. The number of benzene rings is 1. The molecule has 0 atom stereocenters. The lowest BCUT2D eigenvalue weighted by Crippen LogP contribution is -2.36. The first-order valence-corrected chi connectivity index (χ1v) is 8.05. The van der Waals surface area contributed by atoms with Crippen LogP contribution >= 0.6 is 27.3 Å². The molecular formula is C15H17BrN2OS. The zero-order valence-electron chi connectivity index (χ0n) is 11.5. The van der Waals surface area contributed by atoms with Crippen LogP contribution in [-0.4, -0.2) is 16.8 Å². The van der Waals surface area contributed by atoms with E-state index in [2.05, 4.69) is 15.9 Å². The van der Waals surface area contributed by atoms with Gasteiger partial charge in [-0.15, -0.1) is 11.3 Å². The van der Waals surface area contributed by atoms with Crippen molar-refractivity contribution in [1.82, 2.24) is 4.90 Å². The van der Waals surface area contributed by atoms with Crippen LogP contribution in [0.15, 0.2) is 40.2 Å². The van der Waals surface area contributed by atoms with E-state index in [0.717, 1.165) is 20.6 Å². The molecule has 3 nitrogen and oxygen atoms in total. The summed E-state index contributed by atoms with van der Waals surface area (Å²) < 4.78 is 0.846. The number of nitrogen functional groups attached to an aromatic ring is 1. The van der Waals surface area contributed by atoms with Gasteiger partial charge in [-0.05, 0) is 52.9 Å². The number of hydrogen-bond donors (Lipinski definition) is 1.